The third kappa shape index (κ3) is 5.28. The number of carbonyl (C=O) groups is 3. The highest BCUT2D eigenvalue weighted by Crippen LogP contribution is 2.12. The summed E-state index contributed by atoms with van der Waals surface area (Å²) in [6, 6.07) is 6.50. The summed E-state index contributed by atoms with van der Waals surface area (Å²) in [6.45, 7) is 0.513. The van der Waals surface area contributed by atoms with Crippen LogP contribution in [0.2, 0.25) is 0 Å². The fourth-order valence-electron chi connectivity index (χ4n) is 2.35. The molecule has 0 aliphatic carbocycles. The normalized spacial score (nSPS) is 17.7. The molecule has 3 N–H and O–H groups in total. The van der Waals surface area contributed by atoms with Crippen LogP contribution in [-0.2, 0) is 16.0 Å². The molecule has 0 aromatic heterocycles. The van der Waals surface area contributed by atoms with Gasteiger partial charge in [-0.05, 0) is 37.0 Å². The van der Waals surface area contributed by atoms with Crippen molar-refractivity contribution in [3.05, 3.63) is 29.8 Å². The minimum Gasteiger partial charge on any atom is -0.497 e. The molecule has 23 heavy (non-hydrogen) atoms. The zero-order valence-corrected chi connectivity index (χ0v) is 13.1. The van der Waals surface area contributed by atoms with Crippen molar-refractivity contribution in [2.24, 2.45) is 0 Å². The maximum absolute atomic E-state index is 12.0. The van der Waals surface area contributed by atoms with E-state index >= 15 is 0 Å². The second-order valence-electron chi connectivity index (χ2n) is 5.36. The molecule has 1 aliphatic rings. The number of imide groups is 1. The van der Waals surface area contributed by atoms with Crippen molar-refractivity contribution in [3.63, 3.8) is 0 Å². The van der Waals surface area contributed by atoms with Crippen LogP contribution >= 0.6 is 0 Å². The first-order valence-electron chi connectivity index (χ1n) is 7.59. The maximum atomic E-state index is 12.0. The van der Waals surface area contributed by atoms with Gasteiger partial charge < -0.3 is 15.4 Å². The molecule has 7 heteroatoms. The Morgan fingerprint density at radius 2 is 2.04 bits per heavy atom. The van der Waals surface area contributed by atoms with E-state index in [0.717, 1.165) is 24.2 Å². The molecule has 1 saturated heterocycles. The number of hydrogen-bond acceptors (Lipinski definition) is 4. The van der Waals surface area contributed by atoms with E-state index in [9.17, 15) is 14.4 Å². The Kier molecular flexibility index (Phi) is 5.96. The number of hydrogen-bond donors (Lipinski definition) is 3. The number of rotatable bonds is 6. The van der Waals surface area contributed by atoms with Crippen molar-refractivity contribution in [1.29, 1.82) is 0 Å². The van der Waals surface area contributed by atoms with Gasteiger partial charge in [-0.2, -0.15) is 0 Å². The lowest BCUT2D eigenvalue weighted by molar-refractivity contribution is -0.123. The second kappa shape index (κ2) is 8.17. The maximum Gasteiger partial charge on any atom is 0.322 e. The van der Waals surface area contributed by atoms with Gasteiger partial charge in [-0.1, -0.05) is 12.1 Å². The summed E-state index contributed by atoms with van der Waals surface area (Å²) >= 11 is 0. The fourth-order valence-corrected chi connectivity index (χ4v) is 2.35. The first-order chi connectivity index (χ1) is 11.1. The van der Waals surface area contributed by atoms with Gasteiger partial charge in [0.1, 0.15) is 11.8 Å². The van der Waals surface area contributed by atoms with Crippen LogP contribution in [-0.4, -0.2) is 37.5 Å². The van der Waals surface area contributed by atoms with Crippen molar-refractivity contribution in [2.45, 2.75) is 31.7 Å². The molecule has 124 valence electrons. The van der Waals surface area contributed by atoms with Gasteiger partial charge in [-0.3, -0.25) is 14.9 Å². The lowest BCUT2D eigenvalue weighted by Gasteiger charge is -2.14. The van der Waals surface area contributed by atoms with Gasteiger partial charge in [0.2, 0.25) is 11.8 Å². The summed E-state index contributed by atoms with van der Waals surface area (Å²) in [6.07, 6.45) is 2.09. The van der Waals surface area contributed by atoms with E-state index in [0.29, 0.717) is 13.0 Å². The van der Waals surface area contributed by atoms with Gasteiger partial charge in [-0.25, -0.2) is 4.79 Å². The third-order valence-electron chi connectivity index (χ3n) is 3.64. The van der Waals surface area contributed by atoms with E-state index in [1.807, 2.05) is 24.3 Å². The molecule has 0 saturated carbocycles. The Morgan fingerprint density at radius 1 is 1.30 bits per heavy atom. The van der Waals surface area contributed by atoms with Gasteiger partial charge in [0.25, 0.3) is 0 Å². The topological polar surface area (TPSA) is 96.5 Å². The average molecular weight is 319 g/mol. The zero-order chi connectivity index (χ0) is 16.7. The molecule has 2 rings (SSSR count). The van der Waals surface area contributed by atoms with E-state index in [4.69, 9.17) is 4.74 Å². The molecular formula is C16H21N3O4. The highest BCUT2D eigenvalue weighted by molar-refractivity contribution is 5.98. The third-order valence-corrected chi connectivity index (χ3v) is 3.64. The molecule has 0 unspecified atom stereocenters. The van der Waals surface area contributed by atoms with Crippen molar-refractivity contribution >= 4 is 17.8 Å². The molecule has 4 amide bonds. The smallest absolute Gasteiger partial charge is 0.322 e. The van der Waals surface area contributed by atoms with E-state index in [2.05, 4.69) is 16.0 Å². The Labute approximate surface area is 134 Å². The summed E-state index contributed by atoms with van der Waals surface area (Å²) in [7, 11) is 1.62. The van der Waals surface area contributed by atoms with Crippen LogP contribution in [0.15, 0.2) is 24.3 Å². The Bertz CT molecular complexity index is 571. The van der Waals surface area contributed by atoms with Crippen LogP contribution in [0, 0.1) is 0 Å². The summed E-state index contributed by atoms with van der Waals surface area (Å²) in [4.78, 5) is 34.6. The van der Waals surface area contributed by atoms with E-state index in [1.54, 1.807) is 7.11 Å². The first-order valence-corrected chi connectivity index (χ1v) is 7.59. The second-order valence-corrected chi connectivity index (χ2v) is 5.36. The van der Waals surface area contributed by atoms with E-state index < -0.39 is 12.1 Å². The van der Waals surface area contributed by atoms with Gasteiger partial charge in [0.05, 0.1) is 7.11 Å². The van der Waals surface area contributed by atoms with Gasteiger partial charge in [0, 0.05) is 13.0 Å². The summed E-state index contributed by atoms with van der Waals surface area (Å²) < 4.78 is 5.10. The van der Waals surface area contributed by atoms with Crippen LogP contribution in [0.5, 0.6) is 5.75 Å². The molecule has 1 atom stereocenters. The predicted molar refractivity (Wildman–Crippen MR) is 84.0 cm³/mol. The van der Waals surface area contributed by atoms with Crippen LogP contribution in [0.1, 0.15) is 24.8 Å². The largest absolute Gasteiger partial charge is 0.497 e. The molecular weight excluding hydrogens is 298 g/mol. The van der Waals surface area contributed by atoms with Crippen LogP contribution < -0.4 is 20.7 Å². The average Bonchev–Trinajstić information content (AvgIpc) is 2.72. The minimum absolute atomic E-state index is 0.155. The molecule has 1 aromatic rings. The van der Waals surface area contributed by atoms with Gasteiger partial charge >= 0.3 is 6.03 Å². The SMILES string of the molecule is COc1ccc(CCCNC(=O)[C@@H]2CCC(=O)NC(=O)N2)cc1. The van der Waals surface area contributed by atoms with Gasteiger partial charge in [0.15, 0.2) is 0 Å². The summed E-state index contributed by atoms with van der Waals surface area (Å²) in [5.74, 6) is 0.191. The molecule has 0 bridgehead atoms. The Hall–Kier alpha value is -2.57. The van der Waals surface area contributed by atoms with Crippen molar-refractivity contribution in [2.75, 3.05) is 13.7 Å². The zero-order valence-electron chi connectivity index (χ0n) is 13.1. The quantitative estimate of drug-likeness (QED) is 0.674. The fraction of sp³-hybridized carbons (Fsp3) is 0.438. The lowest BCUT2D eigenvalue weighted by Crippen LogP contribution is -2.48. The number of amides is 4. The predicted octanol–water partition coefficient (Wildman–Crippen LogP) is 0.732. The van der Waals surface area contributed by atoms with E-state index in [1.165, 1.54) is 0 Å². The Morgan fingerprint density at radius 3 is 2.74 bits per heavy atom. The molecule has 1 heterocycles. The lowest BCUT2D eigenvalue weighted by atomic mass is 10.1. The van der Waals surface area contributed by atoms with Gasteiger partial charge in [-0.15, -0.1) is 0 Å². The van der Waals surface area contributed by atoms with Crippen LogP contribution in [0.25, 0.3) is 0 Å². The van der Waals surface area contributed by atoms with Crippen molar-refractivity contribution < 1.29 is 19.1 Å². The summed E-state index contributed by atoms with van der Waals surface area (Å²) in [5.41, 5.74) is 1.16. The molecule has 1 aliphatic heterocycles. The van der Waals surface area contributed by atoms with E-state index in [-0.39, 0.29) is 18.2 Å². The number of ether oxygens (including phenoxy) is 1. The molecule has 1 aromatic carbocycles. The molecule has 0 radical (unpaired) electrons. The van der Waals surface area contributed by atoms with Crippen molar-refractivity contribution in [3.8, 4) is 5.75 Å². The molecule has 0 spiro atoms. The Balaban J connectivity index is 1.71. The van der Waals surface area contributed by atoms with Crippen molar-refractivity contribution in [1.82, 2.24) is 16.0 Å². The summed E-state index contributed by atoms with van der Waals surface area (Å²) in [5, 5.41) is 7.42. The molecule has 7 nitrogen and oxygen atoms in total. The number of methoxy groups -OCH3 is 1. The molecule has 1 fully saturated rings. The first kappa shape index (κ1) is 16.8. The number of benzene rings is 1. The highest BCUT2D eigenvalue weighted by atomic mass is 16.5. The number of urea groups is 1. The van der Waals surface area contributed by atoms with Crippen LogP contribution in [0.4, 0.5) is 4.79 Å². The van der Waals surface area contributed by atoms with Crippen LogP contribution in [0.3, 0.4) is 0 Å². The monoisotopic (exact) mass is 319 g/mol. The standard InChI is InChI=1S/C16H21N3O4/c1-23-12-6-4-11(5-7-12)3-2-10-17-15(21)13-8-9-14(20)19-16(22)18-13/h4-7,13H,2-3,8-10H2,1H3,(H,17,21)(H2,18,19,20,22)/t13-/m0/s1. The minimum atomic E-state index is -0.664. The number of carbonyl (C=O) groups excluding carboxylic acids is 3. The number of aryl methyl sites for hydroxylation is 1. The number of nitrogens with one attached hydrogen (secondary N) is 3. The highest BCUT2D eigenvalue weighted by Gasteiger charge is 2.25.